The van der Waals surface area contributed by atoms with Crippen molar-refractivity contribution in [3.63, 3.8) is 0 Å². The standard InChI is InChI=1S/C11H16N2OS/c1-2-7-14-10-5-3-9(4-6-10)8-15-11(12)13/h3-6H,2,7-8H2,1H3,(H3,12,13). The lowest BCUT2D eigenvalue weighted by Gasteiger charge is -2.05. The van der Waals surface area contributed by atoms with Crippen LogP contribution in [0.5, 0.6) is 5.75 Å². The summed E-state index contributed by atoms with van der Waals surface area (Å²) in [5, 5.41) is 7.25. The molecular formula is C11H16N2OS. The SMILES string of the molecule is CCCOc1ccc(CSC(=N)N)cc1. The van der Waals surface area contributed by atoms with Gasteiger partial charge in [-0.2, -0.15) is 0 Å². The van der Waals surface area contributed by atoms with E-state index in [1.165, 1.54) is 11.8 Å². The molecule has 0 amide bonds. The second-order valence-electron chi connectivity index (χ2n) is 3.15. The first-order chi connectivity index (χ1) is 7.22. The summed E-state index contributed by atoms with van der Waals surface area (Å²) in [5.74, 6) is 1.64. The van der Waals surface area contributed by atoms with Crippen LogP contribution in [0, 0.1) is 5.41 Å². The first-order valence-corrected chi connectivity index (χ1v) is 5.89. The second kappa shape index (κ2) is 6.35. The maximum Gasteiger partial charge on any atom is 0.151 e. The van der Waals surface area contributed by atoms with Crippen molar-refractivity contribution >= 4 is 16.9 Å². The van der Waals surface area contributed by atoms with Gasteiger partial charge in [-0.05, 0) is 24.1 Å². The topological polar surface area (TPSA) is 59.1 Å². The van der Waals surface area contributed by atoms with Gasteiger partial charge in [-0.3, -0.25) is 5.41 Å². The van der Waals surface area contributed by atoms with Gasteiger partial charge in [-0.15, -0.1) is 0 Å². The zero-order chi connectivity index (χ0) is 11.1. The molecule has 0 spiro atoms. The first-order valence-electron chi connectivity index (χ1n) is 4.91. The van der Waals surface area contributed by atoms with E-state index in [1.54, 1.807) is 0 Å². The Morgan fingerprint density at radius 3 is 2.60 bits per heavy atom. The number of thioether (sulfide) groups is 1. The molecule has 0 atom stereocenters. The van der Waals surface area contributed by atoms with Gasteiger partial charge in [-0.25, -0.2) is 0 Å². The fourth-order valence-corrected chi connectivity index (χ4v) is 1.58. The smallest absolute Gasteiger partial charge is 0.151 e. The van der Waals surface area contributed by atoms with Gasteiger partial charge in [0.05, 0.1) is 6.61 Å². The minimum atomic E-state index is 0.154. The number of nitrogens with two attached hydrogens (primary N) is 1. The van der Waals surface area contributed by atoms with Crippen molar-refractivity contribution in [2.75, 3.05) is 6.61 Å². The molecule has 0 radical (unpaired) electrons. The Hall–Kier alpha value is -1.16. The summed E-state index contributed by atoms with van der Waals surface area (Å²) in [7, 11) is 0. The third-order valence-corrected chi connectivity index (χ3v) is 2.58. The van der Waals surface area contributed by atoms with Crippen LogP contribution in [0.1, 0.15) is 18.9 Å². The molecule has 0 fully saturated rings. The van der Waals surface area contributed by atoms with Crippen LogP contribution in [0.15, 0.2) is 24.3 Å². The van der Waals surface area contributed by atoms with E-state index in [-0.39, 0.29) is 5.17 Å². The number of hydrogen-bond donors (Lipinski definition) is 2. The van der Waals surface area contributed by atoms with E-state index < -0.39 is 0 Å². The average molecular weight is 224 g/mol. The van der Waals surface area contributed by atoms with Crippen LogP contribution in [-0.4, -0.2) is 11.8 Å². The molecular weight excluding hydrogens is 208 g/mol. The Bertz CT molecular complexity index is 311. The molecule has 1 aromatic rings. The number of benzene rings is 1. The van der Waals surface area contributed by atoms with Crippen LogP contribution >= 0.6 is 11.8 Å². The Labute approximate surface area is 94.5 Å². The fourth-order valence-electron chi connectivity index (χ4n) is 1.06. The van der Waals surface area contributed by atoms with Crippen LogP contribution in [-0.2, 0) is 5.75 Å². The highest BCUT2D eigenvalue weighted by Crippen LogP contribution is 2.16. The molecule has 0 saturated heterocycles. The number of ether oxygens (including phenoxy) is 1. The number of rotatable bonds is 5. The zero-order valence-corrected chi connectivity index (χ0v) is 9.64. The van der Waals surface area contributed by atoms with Crippen LogP contribution in [0.4, 0.5) is 0 Å². The lowest BCUT2D eigenvalue weighted by Crippen LogP contribution is -2.03. The van der Waals surface area contributed by atoms with E-state index in [9.17, 15) is 0 Å². The molecule has 0 heterocycles. The zero-order valence-electron chi connectivity index (χ0n) is 8.82. The largest absolute Gasteiger partial charge is 0.494 e. The molecule has 82 valence electrons. The lowest BCUT2D eigenvalue weighted by atomic mass is 10.2. The second-order valence-corrected chi connectivity index (χ2v) is 4.16. The predicted molar refractivity (Wildman–Crippen MR) is 65.4 cm³/mol. The normalized spacial score (nSPS) is 9.93. The van der Waals surface area contributed by atoms with Crippen molar-refractivity contribution in [1.29, 1.82) is 5.41 Å². The molecule has 3 N–H and O–H groups in total. The van der Waals surface area contributed by atoms with E-state index in [2.05, 4.69) is 6.92 Å². The average Bonchev–Trinajstić information content (AvgIpc) is 2.25. The third kappa shape index (κ3) is 4.74. The molecule has 15 heavy (non-hydrogen) atoms. The molecule has 0 saturated carbocycles. The Morgan fingerprint density at radius 1 is 1.40 bits per heavy atom. The maximum absolute atomic E-state index is 7.09. The molecule has 0 aliphatic heterocycles. The summed E-state index contributed by atoms with van der Waals surface area (Å²) in [4.78, 5) is 0. The number of nitrogens with one attached hydrogen (secondary N) is 1. The highest BCUT2D eigenvalue weighted by molar-refractivity contribution is 8.13. The van der Waals surface area contributed by atoms with E-state index in [4.69, 9.17) is 15.9 Å². The molecule has 1 rings (SSSR count). The molecule has 0 unspecified atom stereocenters. The summed E-state index contributed by atoms with van der Waals surface area (Å²) in [5.41, 5.74) is 6.41. The quantitative estimate of drug-likeness (QED) is 0.597. The summed E-state index contributed by atoms with van der Waals surface area (Å²) in [6, 6.07) is 7.90. The predicted octanol–water partition coefficient (Wildman–Crippen LogP) is 2.60. The number of hydrogen-bond acceptors (Lipinski definition) is 3. The van der Waals surface area contributed by atoms with E-state index in [0.717, 1.165) is 30.1 Å². The van der Waals surface area contributed by atoms with E-state index in [1.807, 2.05) is 24.3 Å². The molecule has 0 bridgehead atoms. The van der Waals surface area contributed by atoms with E-state index >= 15 is 0 Å². The van der Waals surface area contributed by atoms with Crippen molar-refractivity contribution in [1.82, 2.24) is 0 Å². The van der Waals surface area contributed by atoms with Crippen LogP contribution in [0.3, 0.4) is 0 Å². The lowest BCUT2D eigenvalue weighted by molar-refractivity contribution is 0.317. The van der Waals surface area contributed by atoms with Gasteiger partial charge >= 0.3 is 0 Å². The van der Waals surface area contributed by atoms with Gasteiger partial charge in [0.1, 0.15) is 5.75 Å². The summed E-state index contributed by atoms with van der Waals surface area (Å²) < 4.78 is 5.46. The fraction of sp³-hybridized carbons (Fsp3) is 0.364. The number of amidine groups is 1. The minimum absolute atomic E-state index is 0.154. The van der Waals surface area contributed by atoms with E-state index in [0.29, 0.717) is 0 Å². The van der Waals surface area contributed by atoms with Gasteiger partial charge in [0, 0.05) is 5.75 Å². The van der Waals surface area contributed by atoms with Gasteiger partial charge in [0.15, 0.2) is 5.17 Å². The maximum atomic E-state index is 7.09. The van der Waals surface area contributed by atoms with Crippen molar-refractivity contribution in [3.05, 3.63) is 29.8 Å². The Balaban J connectivity index is 2.45. The Kier molecular flexibility index (Phi) is 5.04. The van der Waals surface area contributed by atoms with Crippen LogP contribution in [0.2, 0.25) is 0 Å². The third-order valence-electron chi connectivity index (χ3n) is 1.79. The molecule has 3 nitrogen and oxygen atoms in total. The van der Waals surface area contributed by atoms with Crippen molar-refractivity contribution in [3.8, 4) is 5.75 Å². The van der Waals surface area contributed by atoms with Crippen molar-refractivity contribution in [2.45, 2.75) is 19.1 Å². The monoisotopic (exact) mass is 224 g/mol. The Morgan fingerprint density at radius 2 is 2.07 bits per heavy atom. The van der Waals surface area contributed by atoms with Gasteiger partial charge in [0.2, 0.25) is 0 Å². The summed E-state index contributed by atoms with van der Waals surface area (Å²) >= 11 is 1.33. The highest BCUT2D eigenvalue weighted by atomic mass is 32.2. The first kappa shape index (κ1) is 11.9. The summed E-state index contributed by atoms with van der Waals surface area (Å²) in [6.07, 6.45) is 1.02. The van der Waals surface area contributed by atoms with Crippen molar-refractivity contribution < 1.29 is 4.74 Å². The molecule has 0 aliphatic carbocycles. The van der Waals surface area contributed by atoms with Crippen LogP contribution < -0.4 is 10.5 Å². The van der Waals surface area contributed by atoms with Crippen molar-refractivity contribution in [2.24, 2.45) is 5.73 Å². The van der Waals surface area contributed by atoms with Crippen LogP contribution in [0.25, 0.3) is 0 Å². The summed E-state index contributed by atoms with van der Waals surface area (Å²) in [6.45, 7) is 2.83. The van der Waals surface area contributed by atoms with Gasteiger partial charge < -0.3 is 10.5 Å². The van der Waals surface area contributed by atoms with Gasteiger partial charge in [0.25, 0.3) is 0 Å². The molecule has 0 aromatic heterocycles. The molecule has 0 aliphatic rings. The molecule has 4 heteroatoms. The minimum Gasteiger partial charge on any atom is -0.494 e. The molecule has 1 aromatic carbocycles. The highest BCUT2D eigenvalue weighted by Gasteiger charge is 1.97. The van der Waals surface area contributed by atoms with Gasteiger partial charge in [-0.1, -0.05) is 30.8 Å².